The lowest BCUT2D eigenvalue weighted by atomic mass is 10.0. The van der Waals surface area contributed by atoms with Gasteiger partial charge in [0.15, 0.2) is 15.6 Å². The Morgan fingerprint density at radius 3 is 2.28 bits per heavy atom. The molecule has 0 atom stereocenters. The van der Waals surface area contributed by atoms with Crippen molar-refractivity contribution in [1.82, 2.24) is 9.78 Å². The smallest absolute Gasteiger partial charge is 0.159 e. The van der Waals surface area contributed by atoms with Crippen molar-refractivity contribution in [2.24, 2.45) is 7.05 Å². The van der Waals surface area contributed by atoms with Crippen LogP contribution in [0.2, 0.25) is 5.02 Å². The van der Waals surface area contributed by atoms with Crippen LogP contribution in [0.25, 0.3) is 0 Å². The minimum absolute atomic E-state index is 0.0454. The van der Waals surface area contributed by atoms with Crippen molar-refractivity contribution < 1.29 is 13.2 Å². The van der Waals surface area contributed by atoms with Gasteiger partial charge >= 0.3 is 0 Å². The number of carbonyl (C=O) groups is 1. The monoisotopic (exact) mass is 292 g/mol. The van der Waals surface area contributed by atoms with Crippen LogP contribution in [0.15, 0.2) is 0 Å². The molecule has 0 spiro atoms. The fourth-order valence-electron chi connectivity index (χ4n) is 1.44. The number of aromatic nitrogens is 2. The van der Waals surface area contributed by atoms with Gasteiger partial charge < -0.3 is 0 Å². The van der Waals surface area contributed by atoms with Crippen LogP contribution in [0.4, 0.5) is 0 Å². The van der Waals surface area contributed by atoms with Gasteiger partial charge in [0.2, 0.25) is 0 Å². The number of carbonyl (C=O) groups excluding carboxylic acids is 1. The molecule has 0 radical (unpaired) electrons. The van der Waals surface area contributed by atoms with Crippen LogP contribution in [0.5, 0.6) is 0 Å². The molecule has 1 aromatic rings. The zero-order chi connectivity index (χ0) is 14.3. The Morgan fingerprint density at radius 2 is 1.94 bits per heavy atom. The largest absolute Gasteiger partial charge is 0.298 e. The van der Waals surface area contributed by atoms with Gasteiger partial charge in [0.25, 0.3) is 0 Å². The summed E-state index contributed by atoms with van der Waals surface area (Å²) in [6, 6.07) is 0. The fraction of sp³-hybridized carbons (Fsp3) is 0.636. The molecule has 0 saturated heterocycles. The molecule has 0 aromatic carbocycles. The van der Waals surface area contributed by atoms with Crippen molar-refractivity contribution in [2.45, 2.75) is 31.9 Å². The summed E-state index contributed by atoms with van der Waals surface area (Å²) in [4.78, 5) is 12.1. The summed E-state index contributed by atoms with van der Waals surface area (Å²) in [7, 11) is -1.79. The first-order valence-electron chi connectivity index (χ1n) is 5.39. The molecular formula is C11H17ClN2O3S. The van der Waals surface area contributed by atoms with E-state index in [4.69, 9.17) is 11.6 Å². The van der Waals surface area contributed by atoms with E-state index in [-0.39, 0.29) is 6.42 Å². The summed E-state index contributed by atoms with van der Waals surface area (Å²) < 4.78 is 23.3. The third-order valence-corrected chi connectivity index (χ3v) is 5.76. The Bertz CT molecular complexity index is 588. The number of sulfone groups is 1. The van der Waals surface area contributed by atoms with Crippen molar-refractivity contribution in [3.8, 4) is 0 Å². The normalized spacial score (nSPS) is 12.8. The van der Waals surface area contributed by atoms with Gasteiger partial charge in [-0.25, -0.2) is 8.42 Å². The van der Waals surface area contributed by atoms with E-state index >= 15 is 0 Å². The van der Waals surface area contributed by atoms with Gasteiger partial charge in [-0.2, -0.15) is 5.10 Å². The number of ketones is 1. The summed E-state index contributed by atoms with van der Waals surface area (Å²) in [5.41, 5.74) is 1.16. The minimum atomic E-state index is -3.46. The second-order valence-electron chi connectivity index (χ2n) is 4.85. The molecule has 0 saturated carbocycles. The first-order valence-corrected chi connectivity index (χ1v) is 7.66. The van der Waals surface area contributed by atoms with Crippen molar-refractivity contribution in [3.05, 3.63) is 16.4 Å². The lowest BCUT2D eigenvalue weighted by Gasteiger charge is -2.20. The van der Waals surface area contributed by atoms with E-state index in [1.807, 2.05) is 0 Å². The topological polar surface area (TPSA) is 69.0 Å². The van der Waals surface area contributed by atoms with Crippen LogP contribution in [-0.2, 0) is 28.1 Å². The van der Waals surface area contributed by atoms with Crippen molar-refractivity contribution in [3.63, 3.8) is 0 Å². The molecule has 0 aliphatic carbocycles. The number of halogens is 1. The van der Waals surface area contributed by atoms with E-state index in [9.17, 15) is 13.2 Å². The molecule has 0 aliphatic rings. The quantitative estimate of drug-likeness (QED) is 0.839. The molecular weight excluding hydrogens is 276 g/mol. The van der Waals surface area contributed by atoms with Crippen LogP contribution in [0.1, 0.15) is 25.2 Å². The molecule has 0 aliphatic heterocycles. The first kappa shape index (κ1) is 15.2. The van der Waals surface area contributed by atoms with Gasteiger partial charge in [0.1, 0.15) is 4.75 Å². The average Bonchev–Trinajstić information content (AvgIpc) is 2.43. The second-order valence-corrected chi connectivity index (χ2v) is 7.80. The molecule has 5 nitrogen and oxygen atoms in total. The van der Waals surface area contributed by atoms with Crippen molar-refractivity contribution in [2.75, 3.05) is 6.26 Å². The Morgan fingerprint density at radius 1 is 1.44 bits per heavy atom. The molecule has 0 bridgehead atoms. The lowest BCUT2D eigenvalue weighted by Crippen LogP contribution is -2.41. The summed E-state index contributed by atoms with van der Waals surface area (Å²) in [5.74, 6) is -0.394. The van der Waals surface area contributed by atoms with Gasteiger partial charge in [-0.1, -0.05) is 11.6 Å². The first-order chi connectivity index (χ1) is 7.98. The highest BCUT2D eigenvalue weighted by Crippen LogP contribution is 2.24. The Balaban J connectivity index is 3.10. The van der Waals surface area contributed by atoms with Crippen LogP contribution in [0, 0.1) is 6.92 Å². The lowest BCUT2D eigenvalue weighted by molar-refractivity contribution is -0.120. The van der Waals surface area contributed by atoms with Crippen molar-refractivity contribution in [1.29, 1.82) is 0 Å². The number of hydrogen-bond acceptors (Lipinski definition) is 4. The maximum absolute atomic E-state index is 12.1. The summed E-state index contributed by atoms with van der Waals surface area (Å²) in [6.07, 6.45) is 1.01. The predicted octanol–water partition coefficient (Wildman–Crippen LogP) is 1.32. The van der Waals surface area contributed by atoms with E-state index in [0.717, 1.165) is 6.26 Å². The number of rotatable bonds is 4. The van der Waals surface area contributed by atoms with E-state index in [1.54, 1.807) is 14.0 Å². The minimum Gasteiger partial charge on any atom is -0.298 e. The SMILES string of the molecule is Cc1nn(C)c(CC(=O)C(C)(C)S(C)(=O)=O)c1Cl. The van der Waals surface area contributed by atoms with E-state index in [1.165, 1.54) is 18.5 Å². The highest BCUT2D eigenvalue weighted by molar-refractivity contribution is 7.92. The molecule has 1 heterocycles. The van der Waals surface area contributed by atoms with Crippen LogP contribution in [0.3, 0.4) is 0 Å². The molecule has 18 heavy (non-hydrogen) atoms. The molecule has 0 amide bonds. The third-order valence-electron chi connectivity index (χ3n) is 3.19. The van der Waals surface area contributed by atoms with Gasteiger partial charge in [0.05, 0.1) is 22.8 Å². The van der Waals surface area contributed by atoms with Gasteiger partial charge in [-0.05, 0) is 20.8 Å². The summed E-state index contributed by atoms with van der Waals surface area (Å²) in [6.45, 7) is 4.54. The molecule has 0 fully saturated rings. The highest BCUT2D eigenvalue weighted by Gasteiger charge is 2.38. The van der Waals surface area contributed by atoms with Gasteiger partial charge in [-0.15, -0.1) is 0 Å². The average molecular weight is 293 g/mol. The maximum atomic E-state index is 12.1. The third kappa shape index (κ3) is 2.59. The highest BCUT2D eigenvalue weighted by atomic mass is 35.5. The number of nitrogens with zero attached hydrogens (tertiary/aromatic N) is 2. The maximum Gasteiger partial charge on any atom is 0.159 e. The Labute approximate surface area is 112 Å². The zero-order valence-corrected chi connectivity index (χ0v) is 12.7. The summed E-state index contributed by atoms with van der Waals surface area (Å²) >= 11 is 6.04. The predicted molar refractivity (Wildman–Crippen MR) is 70.6 cm³/mol. The molecule has 0 unspecified atom stereocenters. The molecule has 1 aromatic heterocycles. The summed E-state index contributed by atoms with van der Waals surface area (Å²) in [5, 5.41) is 4.50. The van der Waals surface area contributed by atoms with Gasteiger partial charge in [-0.3, -0.25) is 9.48 Å². The molecule has 0 N–H and O–H groups in total. The standard InChI is InChI=1S/C11H17ClN2O3S/c1-7-10(12)8(14(4)13-7)6-9(15)11(2,3)18(5,16)17/h6H2,1-5H3. The van der Waals surface area contributed by atoms with Crippen molar-refractivity contribution >= 4 is 27.2 Å². The Kier molecular flexibility index (Phi) is 3.93. The van der Waals surface area contributed by atoms with Crippen LogP contribution < -0.4 is 0 Å². The van der Waals surface area contributed by atoms with Gasteiger partial charge in [0, 0.05) is 13.3 Å². The fourth-order valence-corrected chi connectivity index (χ4v) is 2.16. The second kappa shape index (κ2) is 4.66. The number of Topliss-reactive ketones (excluding diaryl/α,β-unsaturated/α-hetero) is 1. The molecule has 7 heteroatoms. The van der Waals surface area contributed by atoms with E-state index in [2.05, 4.69) is 5.10 Å². The molecule has 1 rings (SSSR count). The number of aryl methyl sites for hydroxylation is 2. The zero-order valence-electron chi connectivity index (χ0n) is 11.1. The number of hydrogen-bond donors (Lipinski definition) is 0. The van der Waals surface area contributed by atoms with E-state index in [0.29, 0.717) is 16.4 Å². The van der Waals surface area contributed by atoms with E-state index < -0.39 is 20.4 Å². The van der Waals surface area contributed by atoms with Crippen LogP contribution in [-0.4, -0.2) is 35.0 Å². The van der Waals surface area contributed by atoms with Crippen LogP contribution >= 0.6 is 11.6 Å². The Hall–Kier alpha value is -0.880. The molecule has 102 valence electrons.